The first-order valence-electron chi connectivity index (χ1n) is 5.22. The number of carbonyl (C=O) groups excluding carboxylic acids is 1. The van der Waals surface area contributed by atoms with Gasteiger partial charge in [0.1, 0.15) is 11.6 Å². The molecule has 1 unspecified atom stereocenters. The maximum atomic E-state index is 11.7. The molecular formula is C11H16N2O4. The highest BCUT2D eigenvalue weighted by molar-refractivity contribution is 5.85. The van der Waals surface area contributed by atoms with Gasteiger partial charge >= 0.3 is 11.9 Å². The third-order valence-electron chi connectivity index (χ3n) is 1.97. The summed E-state index contributed by atoms with van der Waals surface area (Å²) in [6.07, 6.45) is 1.44. The van der Waals surface area contributed by atoms with Crippen molar-refractivity contribution in [3.63, 3.8) is 0 Å². The summed E-state index contributed by atoms with van der Waals surface area (Å²) in [7, 11) is 0. The minimum absolute atomic E-state index is 0.0968. The second-order valence-electron chi connectivity index (χ2n) is 4.70. The van der Waals surface area contributed by atoms with E-state index in [1.165, 1.54) is 16.9 Å². The molecule has 0 saturated heterocycles. The minimum atomic E-state index is -1.12. The zero-order valence-corrected chi connectivity index (χ0v) is 10.3. The number of ether oxygens (including phenoxy) is 1. The number of hydrogen-bond donors (Lipinski definition) is 1. The monoisotopic (exact) mass is 240 g/mol. The normalized spacial score (nSPS) is 13.2. The van der Waals surface area contributed by atoms with E-state index in [4.69, 9.17) is 9.84 Å². The number of aromatic nitrogens is 2. The van der Waals surface area contributed by atoms with Crippen LogP contribution in [0.1, 0.15) is 44.2 Å². The highest BCUT2D eigenvalue weighted by Gasteiger charge is 2.24. The molecule has 0 saturated carbocycles. The van der Waals surface area contributed by atoms with Gasteiger partial charge in [-0.3, -0.25) is 4.68 Å². The smallest absolute Gasteiger partial charge is 0.356 e. The predicted octanol–water partition coefficient (Wildman–Crippen LogP) is 1.48. The van der Waals surface area contributed by atoms with Crippen LogP contribution in [0.25, 0.3) is 0 Å². The molecule has 0 fully saturated rings. The first-order chi connectivity index (χ1) is 7.70. The van der Waals surface area contributed by atoms with Crippen LogP contribution in [0.2, 0.25) is 0 Å². The standard InChI is InChI=1S/C11H16N2O4/c1-7(10(16)17-11(2,3)4)13-6-5-8(12-13)9(14)15/h5-7H,1-4H3,(H,14,15). The Morgan fingerprint density at radius 3 is 2.47 bits per heavy atom. The fourth-order valence-electron chi connectivity index (χ4n) is 1.16. The molecule has 0 spiro atoms. The Labute approximate surface area is 99.2 Å². The van der Waals surface area contributed by atoms with Crippen molar-refractivity contribution in [3.8, 4) is 0 Å². The van der Waals surface area contributed by atoms with E-state index < -0.39 is 23.6 Å². The Bertz CT molecular complexity index is 431. The van der Waals surface area contributed by atoms with Crippen LogP contribution in [0, 0.1) is 0 Å². The van der Waals surface area contributed by atoms with Crippen LogP contribution < -0.4 is 0 Å². The van der Waals surface area contributed by atoms with Gasteiger partial charge in [0.05, 0.1) is 0 Å². The summed E-state index contributed by atoms with van der Waals surface area (Å²) < 4.78 is 6.45. The summed E-state index contributed by atoms with van der Waals surface area (Å²) in [5, 5.41) is 12.5. The number of carboxylic acid groups (broad SMARTS) is 1. The van der Waals surface area contributed by atoms with Crippen molar-refractivity contribution in [1.29, 1.82) is 0 Å². The lowest BCUT2D eigenvalue weighted by molar-refractivity contribution is -0.158. The third-order valence-corrected chi connectivity index (χ3v) is 1.97. The Kier molecular flexibility index (Phi) is 3.55. The first kappa shape index (κ1) is 13.2. The average molecular weight is 240 g/mol. The van der Waals surface area contributed by atoms with Crippen molar-refractivity contribution >= 4 is 11.9 Å². The highest BCUT2D eigenvalue weighted by atomic mass is 16.6. The van der Waals surface area contributed by atoms with Gasteiger partial charge in [-0.25, -0.2) is 9.59 Å². The van der Waals surface area contributed by atoms with E-state index in [1.54, 1.807) is 27.7 Å². The molecule has 6 heteroatoms. The van der Waals surface area contributed by atoms with Gasteiger partial charge in [-0.1, -0.05) is 0 Å². The van der Waals surface area contributed by atoms with Gasteiger partial charge in [0, 0.05) is 6.20 Å². The average Bonchev–Trinajstić information content (AvgIpc) is 2.62. The molecule has 1 rings (SSSR count). The fourth-order valence-corrected chi connectivity index (χ4v) is 1.16. The van der Waals surface area contributed by atoms with E-state index in [9.17, 15) is 9.59 Å². The van der Waals surface area contributed by atoms with Crippen molar-refractivity contribution < 1.29 is 19.4 Å². The van der Waals surface area contributed by atoms with E-state index in [2.05, 4.69) is 5.10 Å². The molecule has 1 aromatic rings. The number of carbonyl (C=O) groups is 2. The summed E-state index contributed by atoms with van der Waals surface area (Å²) in [4.78, 5) is 22.4. The predicted molar refractivity (Wildman–Crippen MR) is 59.7 cm³/mol. The molecule has 1 atom stereocenters. The second kappa shape index (κ2) is 4.57. The Morgan fingerprint density at radius 1 is 1.47 bits per heavy atom. The summed E-state index contributed by atoms with van der Waals surface area (Å²) in [5.74, 6) is -1.57. The molecule has 0 radical (unpaired) electrons. The molecule has 0 bridgehead atoms. The van der Waals surface area contributed by atoms with Crippen LogP contribution in [0.5, 0.6) is 0 Å². The van der Waals surface area contributed by atoms with E-state index in [1.807, 2.05) is 0 Å². The van der Waals surface area contributed by atoms with Crippen molar-refractivity contribution in [2.75, 3.05) is 0 Å². The van der Waals surface area contributed by atoms with Crippen molar-refractivity contribution in [2.24, 2.45) is 0 Å². The topological polar surface area (TPSA) is 81.4 Å². The summed E-state index contributed by atoms with van der Waals surface area (Å²) in [5.41, 5.74) is -0.672. The number of hydrogen-bond acceptors (Lipinski definition) is 4. The van der Waals surface area contributed by atoms with E-state index in [0.717, 1.165) is 0 Å². The van der Waals surface area contributed by atoms with Gasteiger partial charge in [-0.05, 0) is 33.8 Å². The number of carboxylic acids is 1. The zero-order chi connectivity index (χ0) is 13.2. The second-order valence-corrected chi connectivity index (χ2v) is 4.70. The molecule has 1 N–H and O–H groups in total. The van der Waals surface area contributed by atoms with Gasteiger partial charge in [-0.15, -0.1) is 0 Å². The van der Waals surface area contributed by atoms with Gasteiger partial charge in [-0.2, -0.15) is 5.10 Å². The van der Waals surface area contributed by atoms with Crippen molar-refractivity contribution in [1.82, 2.24) is 9.78 Å². The number of rotatable bonds is 3. The lowest BCUT2D eigenvalue weighted by atomic mass is 10.2. The molecule has 0 aliphatic carbocycles. The van der Waals surface area contributed by atoms with E-state index >= 15 is 0 Å². The molecule has 0 aromatic carbocycles. The van der Waals surface area contributed by atoms with Crippen LogP contribution >= 0.6 is 0 Å². The molecule has 0 aliphatic rings. The molecule has 1 aromatic heterocycles. The molecule has 0 aliphatic heterocycles. The third kappa shape index (κ3) is 3.58. The van der Waals surface area contributed by atoms with E-state index in [-0.39, 0.29) is 5.69 Å². The highest BCUT2D eigenvalue weighted by Crippen LogP contribution is 2.14. The van der Waals surface area contributed by atoms with Gasteiger partial charge in [0.15, 0.2) is 5.69 Å². The Morgan fingerprint density at radius 2 is 2.06 bits per heavy atom. The van der Waals surface area contributed by atoms with Crippen LogP contribution in [0.4, 0.5) is 0 Å². The van der Waals surface area contributed by atoms with Crippen LogP contribution in [-0.2, 0) is 9.53 Å². The number of esters is 1. The summed E-state index contributed by atoms with van der Waals surface area (Å²) in [6.45, 7) is 6.91. The van der Waals surface area contributed by atoms with Gasteiger partial charge < -0.3 is 9.84 Å². The van der Waals surface area contributed by atoms with Crippen LogP contribution in [0.3, 0.4) is 0 Å². The maximum absolute atomic E-state index is 11.7. The quantitative estimate of drug-likeness (QED) is 0.809. The summed E-state index contributed by atoms with van der Waals surface area (Å²) >= 11 is 0. The van der Waals surface area contributed by atoms with Crippen molar-refractivity contribution in [3.05, 3.63) is 18.0 Å². The van der Waals surface area contributed by atoms with E-state index in [0.29, 0.717) is 0 Å². The minimum Gasteiger partial charge on any atom is -0.476 e. The molecule has 1 heterocycles. The number of nitrogens with zero attached hydrogens (tertiary/aromatic N) is 2. The lowest BCUT2D eigenvalue weighted by Gasteiger charge is -2.22. The maximum Gasteiger partial charge on any atom is 0.356 e. The molecule has 17 heavy (non-hydrogen) atoms. The van der Waals surface area contributed by atoms with Crippen LogP contribution in [-0.4, -0.2) is 32.4 Å². The summed E-state index contributed by atoms with van der Waals surface area (Å²) in [6, 6.07) is 0.686. The molecule has 94 valence electrons. The Hall–Kier alpha value is -1.85. The Balaban J connectivity index is 2.78. The van der Waals surface area contributed by atoms with Gasteiger partial charge in [0.2, 0.25) is 0 Å². The first-order valence-corrected chi connectivity index (χ1v) is 5.22. The van der Waals surface area contributed by atoms with Crippen LogP contribution in [0.15, 0.2) is 12.3 Å². The fraction of sp³-hybridized carbons (Fsp3) is 0.545. The van der Waals surface area contributed by atoms with Gasteiger partial charge in [0.25, 0.3) is 0 Å². The lowest BCUT2D eigenvalue weighted by Crippen LogP contribution is -2.29. The zero-order valence-electron chi connectivity index (χ0n) is 10.3. The SMILES string of the molecule is CC(C(=O)OC(C)(C)C)n1ccc(C(=O)O)n1. The molecular weight excluding hydrogens is 224 g/mol. The molecule has 0 amide bonds. The molecule has 6 nitrogen and oxygen atoms in total. The largest absolute Gasteiger partial charge is 0.476 e. The number of aromatic carboxylic acids is 1. The van der Waals surface area contributed by atoms with Crippen molar-refractivity contribution in [2.45, 2.75) is 39.3 Å².